The standard InChI is InChI=1S/C25H25F5N4O4/c1-16(35)33-14-18(12-31-21(36)11-22(37)32-15-24(26,27)25(28,29)30)23(38)34(13-17-7-3-2-4-8-17)20-10-6-5-9-19(20)33/h2-10,18H,11-15H2,1H3,(H,31,36)(H,32,37)/t18-/m0/s1. The molecule has 1 aliphatic rings. The van der Waals surface area contributed by atoms with Gasteiger partial charge in [-0.3, -0.25) is 19.2 Å². The van der Waals surface area contributed by atoms with Gasteiger partial charge in [0.05, 0.1) is 30.4 Å². The van der Waals surface area contributed by atoms with Gasteiger partial charge in [-0.25, -0.2) is 0 Å². The van der Waals surface area contributed by atoms with Crippen LogP contribution >= 0.6 is 0 Å². The van der Waals surface area contributed by atoms with Crippen LogP contribution in [0.25, 0.3) is 0 Å². The van der Waals surface area contributed by atoms with Gasteiger partial charge in [0, 0.05) is 20.0 Å². The molecule has 0 spiro atoms. The van der Waals surface area contributed by atoms with Crippen LogP contribution in [0.1, 0.15) is 18.9 Å². The lowest BCUT2D eigenvalue weighted by Crippen LogP contribution is -2.48. The summed E-state index contributed by atoms with van der Waals surface area (Å²) in [6.07, 6.45) is -6.88. The minimum atomic E-state index is -5.85. The average molecular weight is 540 g/mol. The second-order valence-electron chi connectivity index (χ2n) is 8.69. The zero-order valence-electron chi connectivity index (χ0n) is 20.2. The average Bonchev–Trinajstić information content (AvgIpc) is 2.96. The highest BCUT2D eigenvalue weighted by molar-refractivity contribution is 6.05. The second kappa shape index (κ2) is 11.6. The number of hydrogen-bond donors (Lipinski definition) is 2. The molecule has 0 saturated carbocycles. The summed E-state index contributed by atoms with van der Waals surface area (Å²) in [6, 6.07) is 15.9. The highest BCUT2D eigenvalue weighted by atomic mass is 19.4. The maximum absolute atomic E-state index is 13.6. The molecule has 2 aromatic carbocycles. The first-order chi connectivity index (χ1) is 17.8. The van der Waals surface area contributed by atoms with Gasteiger partial charge in [0.1, 0.15) is 6.42 Å². The quantitative estimate of drug-likeness (QED) is 0.397. The van der Waals surface area contributed by atoms with Gasteiger partial charge in [0.2, 0.25) is 23.6 Å². The first-order valence-electron chi connectivity index (χ1n) is 11.5. The van der Waals surface area contributed by atoms with Crippen molar-refractivity contribution >= 4 is 35.0 Å². The van der Waals surface area contributed by atoms with Crippen LogP contribution in [0.5, 0.6) is 0 Å². The van der Waals surface area contributed by atoms with E-state index in [0.717, 1.165) is 5.56 Å². The number of hydrogen-bond acceptors (Lipinski definition) is 4. The SMILES string of the molecule is CC(=O)N1C[C@H](CNC(=O)CC(=O)NCC(F)(F)C(F)(F)F)C(=O)N(Cc2ccccc2)c2ccccc21. The molecule has 204 valence electrons. The van der Waals surface area contributed by atoms with E-state index < -0.39 is 48.7 Å². The molecular weight excluding hydrogens is 515 g/mol. The highest BCUT2D eigenvalue weighted by Crippen LogP contribution is 2.36. The van der Waals surface area contributed by atoms with Crippen molar-refractivity contribution in [3.8, 4) is 0 Å². The van der Waals surface area contributed by atoms with Gasteiger partial charge in [0.25, 0.3) is 0 Å². The molecule has 0 fully saturated rings. The van der Waals surface area contributed by atoms with Gasteiger partial charge in [-0.05, 0) is 17.7 Å². The van der Waals surface area contributed by atoms with E-state index in [1.165, 1.54) is 22.0 Å². The van der Waals surface area contributed by atoms with Crippen LogP contribution in [0.3, 0.4) is 0 Å². The summed E-state index contributed by atoms with van der Waals surface area (Å²) in [5.41, 5.74) is 1.78. The Bertz CT molecular complexity index is 1190. The van der Waals surface area contributed by atoms with Crippen molar-refractivity contribution in [1.29, 1.82) is 0 Å². The van der Waals surface area contributed by atoms with Crippen LogP contribution in [0, 0.1) is 5.92 Å². The number of nitrogens with one attached hydrogen (secondary N) is 2. The number of carbonyl (C=O) groups is 4. The minimum absolute atomic E-state index is 0.0965. The van der Waals surface area contributed by atoms with Crippen molar-refractivity contribution in [3.63, 3.8) is 0 Å². The molecule has 0 aromatic heterocycles. The number of halogens is 5. The van der Waals surface area contributed by atoms with E-state index in [1.807, 2.05) is 18.2 Å². The number of anilines is 2. The molecule has 2 aromatic rings. The molecule has 0 radical (unpaired) electrons. The zero-order valence-corrected chi connectivity index (χ0v) is 20.2. The molecule has 1 heterocycles. The number of carbonyl (C=O) groups excluding carboxylic acids is 4. The van der Waals surface area contributed by atoms with Crippen molar-refractivity contribution in [1.82, 2.24) is 10.6 Å². The molecule has 1 aliphatic heterocycles. The molecule has 4 amide bonds. The van der Waals surface area contributed by atoms with Crippen molar-refractivity contribution in [3.05, 3.63) is 60.2 Å². The Balaban J connectivity index is 1.72. The maximum atomic E-state index is 13.6. The monoisotopic (exact) mass is 540 g/mol. The van der Waals surface area contributed by atoms with Crippen LogP contribution in [0.15, 0.2) is 54.6 Å². The molecule has 8 nitrogen and oxygen atoms in total. The third-order valence-electron chi connectivity index (χ3n) is 5.83. The van der Waals surface area contributed by atoms with E-state index in [1.54, 1.807) is 36.4 Å². The van der Waals surface area contributed by atoms with E-state index in [-0.39, 0.29) is 25.5 Å². The summed E-state index contributed by atoms with van der Waals surface area (Å²) < 4.78 is 62.8. The van der Waals surface area contributed by atoms with Crippen molar-refractivity contribution in [2.24, 2.45) is 5.92 Å². The molecule has 3 rings (SSSR count). The summed E-state index contributed by atoms with van der Waals surface area (Å²) in [5, 5.41) is 3.73. The third kappa shape index (κ3) is 6.84. The van der Waals surface area contributed by atoms with Gasteiger partial charge in [-0.1, -0.05) is 42.5 Å². The van der Waals surface area contributed by atoms with Crippen molar-refractivity contribution in [2.75, 3.05) is 29.4 Å². The normalized spacial score (nSPS) is 15.9. The zero-order chi connectivity index (χ0) is 28.1. The molecular formula is C25H25F5N4O4. The molecule has 38 heavy (non-hydrogen) atoms. The van der Waals surface area contributed by atoms with Gasteiger partial charge >= 0.3 is 12.1 Å². The first kappa shape index (κ1) is 28.5. The number of fused-ring (bicyclic) bond motifs is 1. The van der Waals surface area contributed by atoms with Crippen molar-refractivity contribution < 1.29 is 41.1 Å². The van der Waals surface area contributed by atoms with Crippen LogP contribution in [0.2, 0.25) is 0 Å². The van der Waals surface area contributed by atoms with E-state index in [9.17, 15) is 41.1 Å². The minimum Gasteiger partial charge on any atom is -0.355 e. The smallest absolute Gasteiger partial charge is 0.355 e. The van der Waals surface area contributed by atoms with Crippen LogP contribution in [-0.4, -0.2) is 55.4 Å². The summed E-state index contributed by atoms with van der Waals surface area (Å²) in [7, 11) is 0. The molecule has 0 aliphatic carbocycles. The molecule has 0 unspecified atom stereocenters. The molecule has 1 atom stereocenters. The van der Waals surface area contributed by atoms with Gasteiger partial charge in [-0.15, -0.1) is 0 Å². The van der Waals surface area contributed by atoms with Gasteiger partial charge < -0.3 is 20.4 Å². The lowest BCUT2D eigenvalue weighted by atomic mass is 10.1. The van der Waals surface area contributed by atoms with Crippen LogP contribution in [0.4, 0.5) is 33.3 Å². The molecule has 0 saturated heterocycles. The number of amides is 4. The van der Waals surface area contributed by atoms with Gasteiger partial charge in [-0.2, -0.15) is 22.0 Å². The fraction of sp³-hybridized carbons (Fsp3) is 0.360. The first-order valence-corrected chi connectivity index (χ1v) is 11.5. The van der Waals surface area contributed by atoms with E-state index in [4.69, 9.17) is 0 Å². The number of benzene rings is 2. The lowest BCUT2D eigenvalue weighted by molar-refractivity contribution is -0.278. The summed E-state index contributed by atoms with van der Waals surface area (Å²) in [4.78, 5) is 52.9. The summed E-state index contributed by atoms with van der Waals surface area (Å²) in [6.45, 7) is -0.926. The Kier molecular flexibility index (Phi) is 8.69. The number of nitrogens with zero attached hydrogens (tertiary/aromatic N) is 2. The second-order valence-corrected chi connectivity index (χ2v) is 8.69. The highest BCUT2D eigenvalue weighted by Gasteiger charge is 2.57. The van der Waals surface area contributed by atoms with E-state index >= 15 is 0 Å². The topological polar surface area (TPSA) is 98.8 Å². The Morgan fingerprint density at radius 2 is 1.47 bits per heavy atom. The molecule has 13 heteroatoms. The molecule has 2 N–H and O–H groups in total. The predicted molar refractivity (Wildman–Crippen MR) is 127 cm³/mol. The third-order valence-corrected chi connectivity index (χ3v) is 5.83. The predicted octanol–water partition coefficient (Wildman–Crippen LogP) is 3.02. The van der Waals surface area contributed by atoms with E-state index in [0.29, 0.717) is 11.4 Å². The number of alkyl halides is 5. The van der Waals surface area contributed by atoms with Crippen LogP contribution in [-0.2, 0) is 25.7 Å². The number of rotatable bonds is 8. The van der Waals surface area contributed by atoms with Gasteiger partial charge in [0.15, 0.2) is 0 Å². The Hall–Kier alpha value is -4.03. The summed E-state index contributed by atoms with van der Waals surface area (Å²) >= 11 is 0. The summed E-state index contributed by atoms with van der Waals surface area (Å²) in [5.74, 6) is -9.21. The largest absolute Gasteiger partial charge is 0.455 e. The molecule has 0 bridgehead atoms. The Labute approximate surface area is 214 Å². The maximum Gasteiger partial charge on any atom is 0.455 e. The van der Waals surface area contributed by atoms with Crippen molar-refractivity contribution in [2.45, 2.75) is 32.0 Å². The Morgan fingerprint density at radius 3 is 2.08 bits per heavy atom. The Morgan fingerprint density at radius 1 is 0.895 bits per heavy atom. The van der Waals surface area contributed by atoms with E-state index in [2.05, 4.69) is 5.32 Å². The lowest BCUT2D eigenvalue weighted by Gasteiger charge is -2.25. The fourth-order valence-corrected chi connectivity index (χ4v) is 3.85. The van der Waals surface area contributed by atoms with Crippen LogP contribution < -0.4 is 20.4 Å². The fourth-order valence-electron chi connectivity index (χ4n) is 3.85. The number of para-hydroxylation sites is 2.